The molecule has 0 radical (unpaired) electrons. The molecule has 0 N–H and O–H groups in total. The van der Waals surface area contributed by atoms with Crippen LogP contribution in [-0.4, -0.2) is 59.5 Å². The fraction of sp³-hybridized carbons (Fsp3) is 0.435. The molecule has 0 bridgehead atoms. The first-order valence-corrected chi connectivity index (χ1v) is 11.9. The van der Waals surface area contributed by atoms with E-state index in [4.69, 9.17) is 14.7 Å². The third kappa shape index (κ3) is 4.14. The van der Waals surface area contributed by atoms with Gasteiger partial charge in [-0.1, -0.05) is 6.92 Å². The minimum Gasteiger partial charge on any atom is -0.377 e. The van der Waals surface area contributed by atoms with Gasteiger partial charge < -0.3 is 14.5 Å². The summed E-state index contributed by atoms with van der Waals surface area (Å²) < 4.78 is 7.73. The largest absolute Gasteiger partial charge is 0.377 e. The van der Waals surface area contributed by atoms with Crippen LogP contribution >= 0.6 is 11.8 Å². The highest BCUT2D eigenvalue weighted by Gasteiger charge is 2.24. The Hall–Kier alpha value is -2.58. The van der Waals surface area contributed by atoms with Crippen LogP contribution < -0.4 is 9.80 Å². The van der Waals surface area contributed by atoms with Gasteiger partial charge in [-0.05, 0) is 37.3 Å². The number of pyridine rings is 1. The van der Waals surface area contributed by atoms with Gasteiger partial charge in [0.15, 0.2) is 11.5 Å². The zero-order valence-corrected chi connectivity index (χ0v) is 19.7. The lowest BCUT2D eigenvalue weighted by atomic mass is 10.1. The second-order valence-corrected chi connectivity index (χ2v) is 8.63. The minimum absolute atomic E-state index is 0.663. The number of aromatic nitrogens is 4. The zero-order chi connectivity index (χ0) is 22.0. The van der Waals surface area contributed by atoms with Crippen molar-refractivity contribution in [2.45, 2.75) is 31.7 Å². The highest BCUT2D eigenvalue weighted by atomic mass is 32.2. The SMILES string of the molecule is CCCN(C1=CCOCC1)c1c(SC)nc2c(-c3cnc(N(C)C)cc3C)nccn12. The summed E-state index contributed by atoms with van der Waals surface area (Å²) >= 11 is 1.67. The molecule has 4 rings (SSSR count). The number of hydrogen-bond acceptors (Lipinski definition) is 7. The lowest BCUT2D eigenvalue weighted by molar-refractivity contribution is 0.153. The standard InChI is InChI=1S/C23H30N6OS/c1-6-10-28(17-7-12-30-13-8-17)23-22(31-5)26-21-20(24-9-11-29(21)23)18-15-25-19(27(3)4)14-16(18)2/h7,9,11,14-15H,6,8,10,12-13H2,1-5H3. The first-order valence-electron chi connectivity index (χ1n) is 10.6. The highest BCUT2D eigenvalue weighted by Crippen LogP contribution is 2.36. The Morgan fingerprint density at radius 1 is 1.26 bits per heavy atom. The lowest BCUT2D eigenvalue weighted by Gasteiger charge is -2.29. The molecule has 0 spiro atoms. The molecule has 1 aliphatic rings. The van der Waals surface area contributed by atoms with Gasteiger partial charge >= 0.3 is 0 Å². The van der Waals surface area contributed by atoms with Crippen LogP contribution in [0.1, 0.15) is 25.3 Å². The summed E-state index contributed by atoms with van der Waals surface area (Å²) in [5.41, 5.74) is 5.16. The lowest BCUT2D eigenvalue weighted by Crippen LogP contribution is -2.28. The van der Waals surface area contributed by atoms with E-state index >= 15 is 0 Å². The van der Waals surface area contributed by atoms with Crippen LogP contribution in [0.5, 0.6) is 0 Å². The Morgan fingerprint density at radius 2 is 2.10 bits per heavy atom. The first kappa shape index (κ1) is 21.6. The summed E-state index contributed by atoms with van der Waals surface area (Å²) in [5.74, 6) is 2.04. The molecular formula is C23H30N6OS. The van der Waals surface area contributed by atoms with Gasteiger partial charge in [-0.15, -0.1) is 11.8 Å². The highest BCUT2D eigenvalue weighted by molar-refractivity contribution is 7.98. The van der Waals surface area contributed by atoms with Crippen molar-refractivity contribution in [3.63, 3.8) is 0 Å². The van der Waals surface area contributed by atoms with Crippen LogP contribution in [0.15, 0.2) is 41.5 Å². The van der Waals surface area contributed by atoms with Gasteiger partial charge in [0.1, 0.15) is 16.5 Å². The number of aryl methyl sites for hydroxylation is 1. The molecule has 0 saturated heterocycles. The molecule has 0 atom stereocenters. The fourth-order valence-electron chi connectivity index (χ4n) is 3.92. The molecule has 7 nitrogen and oxygen atoms in total. The van der Waals surface area contributed by atoms with Gasteiger partial charge in [-0.2, -0.15) is 0 Å². The normalized spacial score (nSPS) is 14.0. The molecule has 0 fully saturated rings. The van der Waals surface area contributed by atoms with Crippen molar-refractivity contribution < 1.29 is 4.74 Å². The van der Waals surface area contributed by atoms with Gasteiger partial charge in [0.2, 0.25) is 0 Å². The number of imidazole rings is 1. The Balaban J connectivity index is 1.89. The van der Waals surface area contributed by atoms with Crippen LogP contribution in [0.25, 0.3) is 16.9 Å². The summed E-state index contributed by atoms with van der Waals surface area (Å²) in [7, 11) is 4.00. The van der Waals surface area contributed by atoms with E-state index in [2.05, 4.69) is 46.5 Å². The van der Waals surface area contributed by atoms with Crippen LogP contribution in [-0.2, 0) is 4.74 Å². The molecule has 3 aromatic heterocycles. The van der Waals surface area contributed by atoms with Gasteiger partial charge in [-0.25, -0.2) is 9.97 Å². The van der Waals surface area contributed by atoms with E-state index in [1.165, 1.54) is 5.70 Å². The van der Waals surface area contributed by atoms with Gasteiger partial charge in [0, 0.05) is 56.9 Å². The summed E-state index contributed by atoms with van der Waals surface area (Å²) in [6.07, 6.45) is 12.0. The molecule has 1 aliphatic heterocycles. The van der Waals surface area contributed by atoms with E-state index in [0.29, 0.717) is 6.61 Å². The fourth-order valence-corrected chi connectivity index (χ4v) is 4.49. The van der Waals surface area contributed by atoms with E-state index in [1.807, 2.05) is 37.6 Å². The first-order chi connectivity index (χ1) is 15.0. The van der Waals surface area contributed by atoms with Crippen molar-refractivity contribution in [1.29, 1.82) is 0 Å². The average molecular weight is 439 g/mol. The molecule has 0 aliphatic carbocycles. The number of fused-ring (bicyclic) bond motifs is 1. The van der Waals surface area contributed by atoms with E-state index in [9.17, 15) is 0 Å². The van der Waals surface area contributed by atoms with Crippen molar-refractivity contribution in [2.75, 3.05) is 49.9 Å². The minimum atomic E-state index is 0.663. The Kier molecular flexibility index (Phi) is 6.48. The Labute approximate surface area is 188 Å². The number of anilines is 2. The van der Waals surface area contributed by atoms with Crippen molar-refractivity contribution >= 4 is 29.0 Å². The summed E-state index contributed by atoms with van der Waals surface area (Å²) in [4.78, 5) is 18.8. The van der Waals surface area contributed by atoms with Crippen molar-refractivity contribution in [2.24, 2.45) is 0 Å². The van der Waals surface area contributed by atoms with Crippen LogP contribution in [0.2, 0.25) is 0 Å². The van der Waals surface area contributed by atoms with E-state index in [-0.39, 0.29) is 0 Å². The van der Waals surface area contributed by atoms with E-state index in [0.717, 1.165) is 65.1 Å². The topological polar surface area (TPSA) is 58.8 Å². The number of ether oxygens (including phenoxy) is 1. The predicted octanol–water partition coefficient (Wildman–Crippen LogP) is 4.41. The molecule has 3 aromatic rings. The smallest absolute Gasteiger partial charge is 0.166 e. The van der Waals surface area contributed by atoms with Crippen LogP contribution in [0, 0.1) is 6.92 Å². The van der Waals surface area contributed by atoms with E-state index in [1.54, 1.807) is 11.8 Å². The molecular weight excluding hydrogens is 408 g/mol. The summed E-state index contributed by atoms with van der Waals surface area (Å²) in [6, 6.07) is 2.09. The quantitative estimate of drug-likeness (QED) is 0.507. The number of hydrogen-bond donors (Lipinski definition) is 0. The Bertz CT molecular complexity index is 1110. The second-order valence-electron chi connectivity index (χ2n) is 7.84. The maximum atomic E-state index is 5.55. The number of thioether (sulfide) groups is 1. The number of rotatable bonds is 7. The molecule has 0 saturated carbocycles. The molecule has 8 heteroatoms. The van der Waals surface area contributed by atoms with Crippen LogP contribution in [0.4, 0.5) is 11.6 Å². The second kappa shape index (κ2) is 9.28. The predicted molar refractivity (Wildman–Crippen MR) is 128 cm³/mol. The maximum absolute atomic E-state index is 5.55. The van der Waals surface area contributed by atoms with Gasteiger partial charge in [0.25, 0.3) is 0 Å². The average Bonchev–Trinajstić information content (AvgIpc) is 3.16. The molecule has 0 aromatic carbocycles. The Morgan fingerprint density at radius 3 is 2.74 bits per heavy atom. The van der Waals surface area contributed by atoms with Crippen molar-refractivity contribution in [3.8, 4) is 11.3 Å². The summed E-state index contributed by atoms with van der Waals surface area (Å²) in [6.45, 7) is 6.67. The zero-order valence-electron chi connectivity index (χ0n) is 18.9. The van der Waals surface area contributed by atoms with Crippen molar-refractivity contribution in [3.05, 3.63) is 42.0 Å². The summed E-state index contributed by atoms with van der Waals surface area (Å²) in [5, 5.41) is 1.01. The molecule has 0 unspecified atom stereocenters. The third-order valence-electron chi connectivity index (χ3n) is 5.48. The van der Waals surface area contributed by atoms with Crippen molar-refractivity contribution in [1.82, 2.24) is 19.4 Å². The maximum Gasteiger partial charge on any atom is 0.166 e. The monoisotopic (exact) mass is 438 g/mol. The molecule has 0 amide bonds. The van der Waals surface area contributed by atoms with Gasteiger partial charge in [-0.3, -0.25) is 9.38 Å². The van der Waals surface area contributed by atoms with Gasteiger partial charge in [0.05, 0.1) is 13.2 Å². The number of nitrogens with zero attached hydrogens (tertiary/aromatic N) is 6. The molecule has 164 valence electrons. The van der Waals surface area contributed by atoms with E-state index < -0.39 is 0 Å². The molecule has 31 heavy (non-hydrogen) atoms. The molecule has 4 heterocycles. The third-order valence-corrected chi connectivity index (χ3v) is 6.14. The van der Waals surface area contributed by atoms with Crippen LogP contribution in [0.3, 0.4) is 0 Å².